The van der Waals surface area contributed by atoms with Gasteiger partial charge in [0.25, 0.3) is 0 Å². The van der Waals surface area contributed by atoms with Gasteiger partial charge < -0.3 is 5.32 Å². The fraction of sp³-hybridized carbons (Fsp3) is 0.286. The number of nitrogens with one attached hydrogen (secondary N) is 1. The van der Waals surface area contributed by atoms with Gasteiger partial charge in [0.1, 0.15) is 0 Å². The Balaban J connectivity index is 1.41. The molecule has 0 spiro atoms. The van der Waals surface area contributed by atoms with Crippen LogP contribution in [0.25, 0.3) is 4.96 Å². The van der Waals surface area contributed by atoms with E-state index in [1.807, 2.05) is 28.2 Å². The van der Waals surface area contributed by atoms with Crippen molar-refractivity contribution in [2.24, 2.45) is 0 Å². The minimum Gasteiger partial charge on any atom is -0.350 e. The number of aromatic nitrogens is 2. The first-order chi connectivity index (χ1) is 9.81. The van der Waals surface area contributed by atoms with E-state index < -0.39 is 0 Å². The van der Waals surface area contributed by atoms with Crippen molar-refractivity contribution < 1.29 is 4.79 Å². The minimum absolute atomic E-state index is 0.0953. The predicted molar refractivity (Wildman–Crippen MR) is 82.2 cm³/mol. The van der Waals surface area contributed by atoms with Gasteiger partial charge in [-0.2, -0.15) is 0 Å². The van der Waals surface area contributed by atoms with Crippen LogP contribution in [0.15, 0.2) is 35.3 Å². The normalized spacial score (nSPS) is 11.0. The molecule has 0 unspecified atom stereocenters. The molecule has 4 nitrogen and oxygen atoms in total. The summed E-state index contributed by atoms with van der Waals surface area (Å²) in [6.45, 7) is 0.506. The lowest BCUT2D eigenvalue weighted by molar-refractivity contribution is -0.121. The lowest BCUT2D eigenvalue weighted by atomic mass is 10.2. The third-order valence-corrected chi connectivity index (χ3v) is 4.72. The van der Waals surface area contributed by atoms with Gasteiger partial charge in [-0.3, -0.25) is 9.20 Å². The molecule has 6 heteroatoms. The predicted octanol–water partition coefficient (Wildman–Crippen LogP) is 3.10. The Kier molecular flexibility index (Phi) is 4.13. The van der Waals surface area contributed by atoms with Gasteiger partial charge in [0.2, 0.25) is 5.91 Å². The minimum atomic E-state index is 0.0953. The zero-order valence-electron chi connectivity index (χ0n) is 10.9. The Hall–Kier alpha value is -1.66. The number of carbonyl (C=O) groups is 1. The third kappa shape index (κ3) is 3.26. The zero-order valence-corrected chi connectivity index (χ0v) is 12.5. The molecule has 0 aromatic carbocycles. The molecule has 3 rings (SSSR count). The van der Waals surface area contributed by atoms with Crippen LogP contribution in [0.4, 0.5) is 0 Å². The van der Waals surface area contributed by atoms with E-state index >= 15 is 0 Å². The van der Waals surface area contributed by atoms with E-state index in [1.165, 1.54) is 4.88 Å². The zero-order chi connectivity index (χ0) is 13.8. The highest BCUT2D eigenvalue weighted by molar-refractivity contribution is 7.15. The molecule has 0 atom stereocenters. The van der Waals surface area contributed by atoms with Gasteiger partial charge in [0.05, 0.1) is 12.2 Å². The summed E-state index contributed by atoms with van der Waals surface area (Å²) in [4.78, 5) is 18.5. The van der Waals surface area contributed by atoms with Crippen molar-refractivity contribution in [2.75, 3.05) is 0 Å². The largest absolute Gasteiger partial charge is 0.350 e. The standard InChI is InChI=1S/C14H15N3OS2/c18-13(5-1-3-12-4-2-7-19-12)15-9-11-10-17-6-8-20-14(17)16-11/h2,4,6-8,10H,1,3,5,9H2,(H,15,18). The maximum absolute atomic E-state index is 11.8. The molecule has 0 saturated heterocycles. The fourth-order valence-corrected chi connectivity index (χ4v) is 3.49. The van der Waals surface area contributed by atoms with Crippen molar-refractivity contribution in [3.63, 3.8) is 0 Å². The lowest BCUT2D eigenvalue weighted by Gasteiger charge is -2.02. The van der Waals surface area contributed by atoms with Crippen LogP contribution >= 0.6 is 22.7 Å². The number of carbonyl (C=O) groups excluding carboxylic acids is 1. The van der Waals surface area contributed by atoms with E-state index in [4.69, 9.17) is 0 Å². The van der Waals surface area contributed by atoms with Gasteiger partial charge in [0.15, 0.2) is 4.96 Å². The summed E-state index contributed by atoms with van der Waals surface area (Å²) in [7, 11) is 0. The summed E-state index contributed by atoms with van der Waals surface area (Å²) in [5.74, 6) is 0.0953. The Bertz CT molecular complexity index is 656. The first-order valence-electron chi connectivity index (χ1n) is 6.51. The first kappa shape index (κ1) is 13.3. The van der Waals surface area contributed by atoms with Gasteiger partial charge in [-0.25, -0.2) is 4.98 Å². The molecule has 0 fully saturated rings. The van der Waals surface area contributed by atoms with Gasteiger partial charge >= 0.3 is 0 Å². The second-order valence-corrected chi connectivity index (χ2v) is 6.44. The van der Waals surface area contributed by atoms with E-state index in [1.54, 1.807) is 22.7 Å². The summed E-state index contributed by atoms with van der Waals surface area (Å²) in [6, 6.07) is 4.16. The number of thiophene rings is 1. The van der Waals surface area contributed by atoms with Crippen LogP contribution in [0.3, 0.4) is 0 Å². The monoisotopic (exact) mass is 305 g/mol. The van der Waals surface area contributed by atoms with Crippen molar-refractivity contribution in [2.45, 2.75) is 25.8 Å². The molecule has 1 N–H and O–H groups in total. The smallest absolute Gasteiger partial charge is 0.220 e. The number of rotatable bonds is 6. The Morgan fingerprint density at radius 2 is 2.30 bits per heavy atom. The maximum Gasteiger partial charge on any atom is 0.220 e. The molecule has 20 heavy (non-hydrogen) atoms. The quantitative estimate of drug-likeness (QED) is 0.760. The third-order valence-electron chi connectivity index (χ3n) is 3.02. The highest BCUT2D eigenvalue weighted by atomic mass is 32.1. The number of hydrogen-bond donors (Lipinski definition) is 1. The van der Waals surface area contributed by atoms with Crippen molar-refractivity contribution in [3.05, 3.63) is 45.9 Å². The molecule has 3 aromatic heterocycles. The van der Waals surface area contributed by atoms with Crippen LogP contribution < -0.4 is 5.32 Å². The molecular formula is C14H15N3OS2. The van der Waals surface area contributed by atoms with E-state index in [-0.39, 0.29) is 5.91 Å². The summed E-state index contributed by atoms with van der Waals surface area (Å²) in [5, 5.41) is 6.99. The molecule has 0 aliphatic heterocycles. The van der Waals surface area contributed by atoms with E-state index in [0.29, 0.717) is 13.0 Å². The molecule has 0 saturated carbocycles. The van der Waals surface area contributed by atoms with Gasteiger partial charge in [-0.15, -0.1) is 22.7 Å². The van der Waals surface area contributed by atoms with Crippen LogP contribution in [-0.2, 0) is 17.8 Å². The van der Waals surface area contributed by atoms with Gasteiger partial charge in [-0.05, 0) is 24.3 Å². The van der Waals surface area contributed by atoms with Crippen LogP contribution in [0.5, 0.6) is 0 Å². The number of thiazole rings is 1. The van der Waals surface area contributed by atoms with Gasteiger partial charge in [-0.1, -0.05) is 6.07 Å². The Morgan fingerprint density at radius 3 is 3.10 bits per heavy atom. The number of aryl methyl sites for hydroxylation is 1. The molecule has 3 heterocycles. The van der Waals surface area contributed by atoms with Crippen molar-refractivity contribution in [1.82, 2.24) is 14.7 Å². The summed E-state index contributed by atoms with van der Waals surface area (Å²) in [6.07, 6.45) is 6.37. The Labute approximate surface area is 125 Å². The summed E-state index contributed by atoms with van der Waals surface area (Å²) in [5.41, 5.74) is 0.906. The number of nitrogens with zero attached hydrogens (tertiary/aromatic N) is 2. The molecule has 0 aliphatic rings. The highest BCUT2D eigenvalue weighted by Crippen LogP contribution is 2.12. The molecule has 104 valence electrons. The molecule has 3 aromatic rings. The van der Waals surface area contributed by atoms with Gasteiger partial charge in [0, 0.05) is 29.1 Å². The highest BCUT2D eigenvalue weighted by Gasteiger charge is 2.05. The van der Waals surface area contributed by atoms with E-state index in [9.17, 15) is 4.79 Å². The molecule has 0 radical (unpaired) electrons. The van der Waals surface area contributed by atoms with E-state index in [0.717, 1.165) is 23.5 Å². The second-order valence-electron chi connectivity index (χ2n) is 4.53. The number of fused-ring (bicyclic) bond motifs is 1. The van der Waals surface area contributed by atoms with Crippen molar-refractivity contribution in [1.29, 1.82) is 0 Å². The van der Waals surface area contributed by atoms with Crippen LogP contribution in [0, 0.1) is 0 Å². The lowest BCUT2D eigenvalue weighted by Crippen LogP contribution is -2.22. The molecule has 1 amide bonds. The average molecular weight is 305 g/mol. The summed E-state index contributed by atoms with van der Waals surface area (Å²) >= 11 is 3.34. The maximum atomic E-state index is 11.8. The van der Waals surface area contributed by atoms with Crippen LogP contribution in [0.2, 0.25) is 0 Å². The van der Waals surface area contributed by atoms with E-state index in [2.05, 4.69) is 21.7 Å². The molecule has 0 aliphatic carbocycles. The second kappa shape index (κ2) is 6.19. The molecule has 0 bridgehead atoms. The van der Waals surface area contributed by atoms with Crippen LogP contribution in [-0.4, -0.2) is 15.3 Å². The number of hydrogen-bond acceptors (Lipinski definition) is 4. The van der Waals surface area contributed by atoms with Crippen LogP contribution in [0.1, 0.15) is 23.4 Å². The van der Waals surface area contributed by atoms with Crippen molar-refractivity contribution >= 4 is 33.5 Å². The SMILES string of the molecule is O=C(CCCc1cccs1)NCc1cn2ccsc2n1. The van der Waals surface area contributed by atoms with Crippen molar-refractivity contribution in [3.8, 4) is 0 Å². The molecular weight excluding hydrogens is 290 g/mol. The fourth-order valence-electron chi connectivity index (χ4n) is 2.02. The number of imidazole rings is 1. The Morgan fingerprint density at radius 1 is 1.35 bits per heavy atom. The summed E-state index contributed by atoms with van der Waals surface area (Å²) < 4.78 is 1.98. The topological polar surface area (TPSA) is 46.4 Å². The average Bonchev–Trinajstić information content (AvgIpc) is 3.12. The first-order valence-corrected chi connectivity index (χ1v) is 8.27. The number of amides is 1.